The third kappa shape index (κ3) is 5.19. The van der Waals surface area contributed by atoms with Crippen molar-refractivity contribution < 1.29 is 19.5 Å². The summed E-state index contributed by atoms with van der Waals surface area (Å²) in [4.78, 5) is 49.2. The molecule has 3 N–H and O–H groups in total. The molecule has 12 heteroatoms. The Morgan fingerprint density at radius 1 is 1.19 bits per heavy atom. The van der Waals surface area contributed by atoms with Crippen LogP contribution in [-0.4, -0.2) is 80.8 Å². The van der Waals surface area contributed by atoms with E-state index in [1.807, 2.05) is 18.0 Å². The van der Waals surface area contributed by atoms with Gasteiger partial charge in [-0.2, -0.15) is 5.26 Å². The topological polar surface area (TPSA) is 156 Å². The number of nitriles is 1. The van der Waals surface area contributed by atoms with E-state index in [1.165, 1.54) is 10.9 Å². The third-order valence-corrected chi connectivity index (χ3v) is 7.40. The Bertz CT molecular complexity index is 1170. The molecule has 0 bridgehead atoms. The first-order chi connectivity index (χ1) is 17.3. The number of amides is 3. The van der Waals surface area contributed by atoms with E-state index < -0.39 is 6.09 Å². The van der Waals surface area contributed by atoms with Gasteiger partial charge in [0.2, 0.25) is 5.91 Å². The van der Waals surface area contributed by atoms with Crippen molar-refractivity contribution in [2.45, 2.75) is 63.6 Å². The molecule has 36 heavy (non-hydrogen) atoms. The first-order valence-corrected chi connectivity index (χ1v) is 12.3. The van der Waals surface area contributed by atoms with Gasteiger partial charge in [-0.15, -0.1) is 0 Å². The Morgan fingerprint density at radius 2 is 1.92 bits per heavy atom. The number of hydrogen-bond acceptors (Lipinski definition) is 7. The van der Waals surface area contributed by atoms with Crippen molar-refractivity contribution in [1.29, 1.82) is 5.26 Å². The third-order valence-electron chi connectivity index (χ3n) is 7.40. The van der Waals surface area contributed by atoms with Crippen molar-refractivity contribution in [3.8, 4) is 6.07 Å². The van der Waals surface area contributed by atoms with Crippen LogP contribution in [0.2, 0.25) is 0 Å². The number of piperidine rings is 1. The maximum atomic E-state index is 13.2. The number of carbonyl (C=O) groups is 3. The highest BCUT2D eigenvalue weighted by atomic mass is 16.4. The van der Waals surface area contributed by atoms with Gasteiger partial charge in [0.25, 0.3) is 0 Å². The van der Waals surface area contributed by atoms with Gasteiger partial charge in [-0.3, -0.25) is 9.36 Å². The number of carboxylic acid groups (broad SMARTS) is 1. The highest BCUT2D eigenvalue weighted by Crippen LogP contribution is 2.30. The predicted octanol–water partition coefficient (Wildman–Crippen LogP) is 2.15. The summed E-state index contributed by atoms with van der Waals surface area (Å²) >= 11 is 0. The van der Waals surface area contributed by atoms with Gasteiger partial charge >= 0.3 is 12.1 Å². The number of rotatable bonds is 5. The zero-order chi connectivity index (χ0) is 25.8. The molecule has 0 aromatic carbocycles. The van der Waals surface area contributed by atoms with Gasteiger partial charge in [0.05, 0.1) is 29.6 Å². The van der Waals surface area contributed by atoms with E-state index in [1.54, 1.807) is 17.2 Å². The van der Waals surface area contributed by atoms with Crippen LogP contribution in [0.3, 0.4) is 0 Å². The minimum absolute atomic E-state index is 0.0123. The molecule has 2 fully saturated rings. The molecule has 4 atom stereocenters. The largest absolute Gasteiger partial charge is 0.465 e. The molecule has 2 aliphatic rings. The maximum Gasteiger partial charge on any atom is 0.404 e. The molecule has 2 aromatic heterocycles. The van der Waals surface area contributed by atoms with Gasteiger partial charge in [-0.1, -0.05) is 19.8 Å². The van der Waals surface area contributed by atoms with Crippen molar-refractivity contribution in [1.82, 2.24) is 30.1 Å². The van der Waals surface area contributed by atoms with Crippen LogP contribution < -0.4 is 15.5 Å². The highest BCUT2D eigenvalue weighted by Gasteiger charge is 2.33. The number of anilines is 1. The van der Waals surface area contributed by atoms with Crippen LogP contribution in [0.15, 0.2) is 18.6 Å². The Balaban J connectivity index is 1.54. The minimum Gasteiger partial charge on any atom is -0.465 e. The molecule has 2 unspecified atom stereocenters. The molecule has 4 rings (SSSR count). The fourth-order valence-electron chi connectivity index (χ4n) is 5.36. The summed E-state index contributed by atoms with van der Waals surface area (Å²) in [5, 5.41) is 24.2. The molecule has 1 saturated carbocycles. The molecule has 12 nitrogen and oxygen atoms in total. The number of fused-ring (bicyclic) bond motifs is 1. The van der Waals surface area contributed by atoms with E-state index in [9.17, 15) is 14.4 Å². The first kappa shape index (κ1) is 25.2. The molecule has 3 heterocycles. The standard InChI is InChI=1S/C24H32N8O4/c1-15-8-11-31(20(33)7-10-25)13-19(15)30(2)21-16-9-12-32(22(16)27-14-26-21)23(34)28-17-5-3-4-6-18(17)29-24(35)36/h9,12,14-15,17-19,29H,3-8,11,13H2,1-2H3,(H,28,34)(H,35,36)/t15-,17?,18?,19+/m1/s1. The van der Waals surface area contributed by atoms with Crippen molar-refractivity contribution in [2.24, 2.45) is 5.92 Å². The zero-order valence-corrected chi connectivity index (χ0v) is 20.6. The van der Waals surface area contributed by atoms with Crippen molar-refractivity contribution in [3.63, 3.8) is 0 Å². The van der Waals surface area contributed by atoms with E-state index in [0.717, 1.165) is 19.3 Å². The number of likely N-dealkylation sites (N-methyl/N-ethyl adjacent to an activating group) is 1. The summed E-state index contributed by atoms with van der Waals surface area (Å²) < 4.78 is 1.42. The van der Waals surface area contributed by atoms with Crippen LogP contribution in [0, 0.1) is 17.2 Å². The molecule has 1 saturated heterocycles. The lowest BCUT2D eigenvalue weighted by Gasteiger charge is -2.42. The summed E-state index contributed by atoms with van der Waals surface area (Å²) in [6.45, 7) is 3.25. The maximum absolute atomic E-state index is 13.2. The van der Waals surface area contributed by atoms with Gasteiger partial charge in [0.1, 0.15) is 18.6 Å². The number of hydrogen-bond donors (Lipinski definition) is 3. The quantitative estimate of drug-likeness (QED) is 0.568. The van der Waals surface area contributed by atoms with E-state index in [2.05, 4.69) is 27.5 Å². The van der Waals surface area contributed by atoms with E-state index in [-0.39, 0.29) is 36.5 Å². The SMILES string of the molecule is C[C@@H]1CCN(C(=O)CC#N)C[C@@H]1N(C)c1ncnc2c1ccn2C(=O)NC1CCCCC1NC(=O)O. The fourth-order valence-corrected chi connectivity index (χ4v) is 5.36. The number of carbonyl (C=O) groups excluding carboxylic acids is 2. The number of likely N-dealkylation sites (tertiary alicyclic amines) is 1. The average Bonchev–Trinajstić information content (AvgIpc) is 3.29. The smallest absolute Gasteiger partial charge is 0.404 e. The monoisotopic (exact) mass is 496 g/mol. The van der Waals surface area contributed by atoms with Crippen LogP contribution >= 0.6 is 0 Å². The van der Waals surface area contributed by atoms with Gasteiger partial charge in [0.15, 0.2) is 5.65 Å². The molecule has 2 aromatic rings. The Kier molecular flexibility index (Phi) is 7.57. The van der Waals surface area contributed by atoms with Gasteiger partial charge < -0.3 is 25.5 Å². The molecular weight excluding hydrogens is 464 g/mol. The summed E-state index contributed by atoms with van der Waals surface area (Å²) in [7, 11) is 1.92. The lowest BCUT2D eigenvalue weighted by atomic mass is 9.90. The summed E-state index contributed by atoms with van der Waals surface area (Å²) in [5.74, 6) is 0.777. The lowest BCUT2D eigenvalue weighted by Crippen LogP contribution is -2.53. The van der Waals surface area contributed by atoms with Gasteiger partial charge in [0, 0.05) is 26.3 Å². The fraction of sp³-hybridized carbons (Fsp3) is 0.583. The second kappa shape index (κ2) is 10.8. The van der Waals surface area contributed by atoms with Crippen LogP contribution in [0.25, 0.3) is 11.0 Å². The predicted molar refractivity (Wildman–Crippen MR) is 131 cm³/mol. The second-order valence-electron chi connectivity index (χ2n) is 9.64. The Labute approximate surface area is 209 Å². The molecule has 0 radical (unpaired) electrons. The van der Waals surface area contributed by atoms with Crippen LogP contribution in [0.4, 0.5) is 15.4 Å². The lowest BCUT2D eigenvalue weighted by molar-refractivity contribution is -0.131. The molecule has 1 aliphatic carbocycles. The number of aromatic nitrogens is 3. The minimum atomic E-state index is -1.10. The van der Waals surface area contributed by atoms with Gasteiger partial charge in [-0.05, 0) is 31.2 Å². The Morgan fingerprint density at radius 3 is 2.61 bits per heavy atom. The van der Waals surface area contributed by atoms with Crippen molar-refractivity contribution in [2.75, 3.05) is 25.0 Å². The zero-order valence-electron chi connectivity index (χ0n) is 20.6. The van der Waals surface area contributed by atoms with Crippen molar-refractivity contribution >= 4 is 34.9 Å². The van der Waals surface area contributed by atoms with E-state index in [0.29, 0.717) is 48.7 Å². The van der Waals surface area contributed by atoms with E-state index in [4.69, 9.17) is 10.4 Å². The van der Waals surface area contributed by atoms with Gasteiger partial charge in [-0.25, -0.2) is 19.6 Å². The van der Waals surface area contributed by atoms with Crippen LogP contribution in [-0.2, 0) is 4.79 Å². The molecule has 0 spiro atoms. The van der Waals surface area contributed by atoms with Crippen LogP contribution in [0.1, 0.15) is 45.4 Å². The Hall–Kier alpha value is -3.88. The molecule has 192 valence electrons. The summed E-state index contributed by atoms with van der Waals surface area (Å²) in [6, 6.07) is 2.70. The second-order valence-corrected chi connectivity index (χ2v) is 9.64. The average molecular weight is 497 g/mol. The van der Waals surface area contributed by atoms with E-state index >= 15 is 0 Å². The van der Waals surface area contributed by atoms with Crippen molar-refractivity contribution in [3.05, 3.63) is 18.6 Å². The molecular formula is C24H32N8O4. The first-order valence-electron chi connectivity index (χ1n) is 12.3. The molecule has 1 aliphatic heterocycles. The molecule has 3 amide bonds. The summed E-state index contributed by atoms with van der Waals surface area (Å²) in [6.07, 6.45) is 5.83. The normalized spacial score (nSPS) is 24.1. The number of nitrogens with zero attached hydrogens (tertiary/aromatic N) is 6. The van der Waals surface area contributed by atoms with Crippen LogP contribution in [0.5, 0.6) is 0 Å². The highest BCUT2D eigenvalue weighted by molar-refractivity contribution is 5.95. The summed E-state index contributed by atoms with van der Waals surface area (Å²) in [5.41, 5.74) is 0.448. The number of nitrogens with one attached hydrogen (secondary N) is 2.